The number of benzene rings is 1. The number of rotatable bonds is 4. The lowest BCUT2D eigenvalue weighted by atomic mass is 9.94. The van der Waals surface area contributed by atoms with Crippen LogP contribution in [0.3, 0.4) is 0 Å². The van der Waals surface area contributed by atoms with Gasteiger partial charge in [0.1, 0.15) is 5.56 Å². The van der Waals surface area contributed by atoms with Crippen molar-refractivity contribution in [3.63, 3.8) is 0 Å². The molecule has 0 spiro atoms. The topological polar surface area (TPSA) is 66.1 Å². The van der Waals surface area contributed by atoms with Crippen molar-refractivity contribution in [3.05, 3.63) is 69.3 Å². The van der Waals surface area contributed by atoms with E-state index in [4.69, 9.17) is 0 Å². The van der Waals surface area contributed by atoms with Crippen molar-refractivity contribution in [3.8, 4) is 0 Å². The van der Waals surface area contributed by atoms with Crippen molar-refractivity contribution in [1.29, 1.82) is 0 Å². The molecule has 0 radical (unpaired) electrons. The fraction of sp³-hybridized carbons (Fsp3) is 0.536. The summed E-state index contributed by atoms with van der Waals surface area (Å²) in [5.74, 6) is -0.00948. The summed E-state index contributed by atoms with van der Waals surface area (Å²) in [5, 5.41) is 4.41. The van der Waals surface area contributed by atoms with Gasteiger partial charge in [-0.25, -0.2) is 0 Å². The van der Waals surface area contributed by atoms with E-state index in [0.29, 0.717) is 23.8 Å². The highest BCUT2D eigenvalue weighted by molar-refractivity contribution is 5.99. The lowest BCUT2D eigenvalue weighted by molar-refractivity contribution is 0.0524. The molecule has 4 heterocycles. The molecule has 1 amide bonds. The van der Waals surface area contributed by atoms with Crippen molar-refractivity contribution in [2.45, 2.75) is 57.7 Å². The monoisotopic (exact) mass is 488 g/mol. The smallest absolute Gasteiger partial charge is 0.279 e. The highest BCUT2D eigenvalue weighted by atomic mass is 16.2. The normalized spacial score (nSPS) is 20.1. The Morgan fingerprint density at radius 3 is 2.50 bits per heavy atom. The van der Waals surface area contributed by atoms with Gasteiger partial charge in [-0.3, -0.25) is 19.4 Å². The first-order valence-electron chi connectivity index (χ1n) is 13.5. The van der Waals surface area contributed by atoms with Crippen LogP contribution in [0.4, 0.5) is 0 Å². The van der Waals surface area contributed by atoms with Crippen molar-refractivity contribution in [1.82, 2.24) is 28.9 Å². The zero-order chi connectivity index (χ0) is 24.6. The summed E-state index contributed by atoms with van der Waals surface area (Å²) < 4.78 is 3.48. The molecular weight excluding hydrogens is 452 g/mol. The number of carbonyl (C=O) groups excluding carboxylic acids is 1. The molecule has 0 atom stereocenters. The highest BCUT2D eigenvalue weighted by Gasteiger charge is 2.31. The Bertz CT molecular complexity index is 1300. The number of aromatic nitrogens is 3. The maximum absolute atomic E-state index is 13.6. The van der Waals surface area contributed by atoms with E-state index in [1.165, 1.54) is 42.2 Å². The molecule has 0 N–H and O–H groups in total. The molecule has 190 valence electrons. The molecule has 0 unspecified atom stereocenters. The predicted molar refractivity (Wildman–Crippen MR) is 139 cm³/mol. The Morgan fingerprint density at radius 1 is 1.00 bits per heavy atom. The third-order valence-electron chi connectivity index (χ3n) is 8.48. The van der Waals surface area contributed by atoms with Crippen molar-refractivity contribution < 1.29 is 4.79 Å². The van der Waals surface area contributed by atoms with Gasteiger partial charge in [0.25, 0.3) is 11.5 Å². The number of carbonyl (C=O) groups is 1. The molecule has 1 saturated carbocycles. The first-order valence-corrected chi connectivity index (χ1v) is 13.5. The van der Waals surface area contributed by atoms with Gasteiger partial charge in [0.05, 0.1) is 11.8 Å². The van der Waals surface area contributed by atoms with Crippen molar-refractivity contribution in [2.75, 3.05) is 32.7 Å². The van der Waals surface area contributed by atoms with Crippen LogP contribution in [-0.2, 0) is 26.6 Å². The van der Waals surface area contributed by atoms with Gasteiger partial charge in [-0.2, -0.15) is 9.61 Å². The zero-order valence-electron chi connectivity index (χ0n) is 21.2. The van der Waals surface area contributed by atoms with Crippen LogP contribution >= 0.6 is 0 Å². The Hall–Kier alpha value is -2.97. The van der Waals surface area contributed by atoms with Gasteiger partial charge in [0.15, 0.2) is 5.65 Å². The summed E-state index contributed by atoms with van der Waals surface area (Å²) in [6.45, 7) is 5.63. The average molecular weight is 489 g/mol. The van der Waals surface area contributed by atoms with Crippen LogP contribution in [0.1, 0.15) is 59.3 Å². The third-order valence-corrected chi connectivity index (χ3v) is 8.48. The maximum atomic E-state index is 13.6. The number of nitrogens with zero attached hydrogens (tertiary/aromatic N) is 6. The fourth-order valence-electron chi connectivity index (χ4n) is 6.47. The van der Waals surface area contributed by atoms with Gasteiger partial charge in [-0.15, -0.1) is 0 Å². The maximum Gasteiger partial charge on any atom is 0.279 e. The highest BCUT2D eigenvalue weighted by Crippen LogP contribution is 2.25. The van der Waals surface area contributed by atoms with Gasteiger partial charge in [0, 0.05) is 71.0 Å². The van der Waals surface area contributed by atoms with Gasteiger partial charge >= 0.3 is 0 Å². The van der Waals surface area contributed by atoms with E-state index in [-0.39, 0.29) is 11.5 Å². The summed E-state index contributed by atoms with van der Waals surface area (Å²) in [4.78, 5) is 33.9. The van der Waals surface area contributed by atoms with E-state index in [9.17, 15) is 9.59 Å². The molecule has 1 aromatic carbocycles. The second-order valence-electron chi connectivity index (χ2n) is 10.6. The van der Waals surface area contributed by atoms with Crippen LogP contribution in [0, 0.1) is 0 Å². The van der Waals surface area contributed by atoms with E-state index < -0.39 is 0 Å². The first kappa shape index (κ1) is 23.4. The third kappa shape index (κ3) is 4.26. The largest absolute Gasteiger partial charge is 0.336 e. The minimum absolute atomic E-state index is 0.00948. The molecule has 1 aliphatic carbocycles. The van der Waals surface area contributed by atoms with Crippen LogP contribution < -0.4 is 5.56 Å². The lowest BCUT2D eigenvalue weighted by Gasteiger charge is -2.40. The minimum Gasteiger partial charge on any atom is -0.336 e. The predicted octanol–water partition coefficient (Wildman–Crippen LogP) is 2.68. The van der Waals surface area contributed by atoms with Crippen LogP contribution in [-0.4, -0.2) is 73.6 Å². The molecule has 3 aliphatic rings. The number of fused-ring (bicyclic) bond motifs is 2. The molecular formula is C28H36N6O2. The van der Waals surface area contributed by atoms with Gasteiger partial charge in [-0.05, 0) is 18.4 Å². The second-order valence-corrected chi connectivity index (χ2v) is 10.6. The molecule has 6 rings (SSSR count). The van der Waals surface area contributed by atoms with Crippen molar-refractivity contribution in [2.24, 2.45) is 7.05 Å². The first-order chi connectivity index (χ1) is 17.6. The number of aryl methyl sites for hydroxylation is 1. The van der Waals surface area contributed by atoms with Gasteiger partial charge < -0.3 is 9.47 Å². The summed E-state index contributed by atoms with van der Waals surface area (Å²) in [6.07, 6.45) is 8.97. The molecule has 8 nitrogen and oxygen atoms in total. The zero-order valence-corrected chi connectivity index (χ0v) is 21.2. The molecule has 3 aromatic rings. The summed E-state index contributed by atoms with van der Waals surface area (Å²) >= 11 is 0. The quantitative estimate of drug-likeness (QED) is 0.565. The fourth-order valence-corrected chi connectivity index (χ4v) is 6.47. The minimum atomic E-state index is -0.1000. The van der Waals surface area contributed by atoms with Crippen LogP contribution in [0.15, 0.2) is 41.3 Å². The molecule has 2 fully saturated rings. The van der Waals surface area contributed by atoms with E-state index in [1.54, 1.807) is 6.20 Å². The molecule has 8 heteroatoms. The second kappa shape index (κ2) is 9.82. The molecule has 36 heavy (non-hydrogen) atoms. The Labute approximate surface area is 212 Å². The SMILES string of the molecule is Cn1c2c(c(=O)n3ncc(C(=O)N4CCN(C5CCCCC5)CC4)c13)CN(Cc1ccccc1)CC2. The van der Waals surface area contributed by atoms with Gasteiger partial charge in [0.2, 0.25) is 0 Å². The van der Waals surface area contributed by atoms with Crippen LogP contribution in [0.25, 0.3) is 5.65 Å². The number of hydrogen-bond acceptors (Lipinski definition) is 5. The molecule has 0 bridgehead atoms. The molecule has 2 aliphatic heterocycles. The van der Waals surface area contributed by atoms with Gasteiger partial charge in [-0.1, -0.05) is 49.6 Å². The Kier molecular flexibility index (Phi) is 6.39. The summed E-state index contributed by atoms with van der Waals surface area (Å²) in [7, 11) is 1.97. The average Bonchev–Trinajstić information content (AvgIpc) is 3.38. The lowest BCUT2D eigenvalue weighted by Crippen LogP contribution is -2.52. The van der Waals surface area contributed by atoms with E-state index in [2.05, 4.69) is 27.0 Å². The molecule has 2 aromatic heterocycles. The Balaban J connectivity index is 1.22. The van der Waals surface area contributed by atoms with Crippen molar-refractivity contribution >= 4 is 11.6 Å². The van der Waals surface area contributed by atoms with E-state index >= 15 is 0 Å². The molecule has 1 saturated heterocycles. The Morgan fingerprint density at radius 2 is 1.75 bits per heavy atom. The summed E-state index contributed by atoms with van der Waals surface area (Å²) in [5.41, 5.74) is 4.11. The standard InChI is InChI=1S/C28H36N6O2/c1-30-25-12-13-31(19-21-8-4-2-5-9-21)20-24(25)28(36)34-26(30)23(18-29-34)27(35)33-16-14-32(15-17-33)22-10-6-3-7-11-22/h2,4-5,8-9,18,22H,3,6-7,10-17,19-20H2,1H3. The number of piperazine rings is 1. The van der Waals surface area contributed by atoms with E-state index in [0.717, 1.165) is 56.9 Å². The van der Waals surface area contributed by atoms with Crippen LogP contribution in [0.5, 0.6) is 0 Å². The number of hydrogen-bond donors (Lipinski definition) is 0. The number of amides is 1. The van der Waals surface area contributed by atoms with E-state index in [1.807, 2.05) is 34.7 Å². The summed E-state index contributed by atoms with van der Waals surface area (Å²) in [6, 6.07) is 11.0. The van der Waals surface area contributed by atoms with Crippen LogP contribution in [0.2, 0.25) is 0 Å².